The average molecular weight is 326 g/mol. The molecule has 0 aliphatic heterocycles. The van der Waals surface area contributed by atoms with Gasteiger partial charge in [0.05, 0.1) is 12.8 Å². The number of nitrogens with one attached hydrogen (secondary N) is 1. The summed E-state index contributed by atoms with van der Waals surface area (Å²) >= 11 is 1.43. The van der Waals surface area contributed by atoms with Gasteiger partial charge in [-0.3, -0.25) is 4.31 Å². The van der Waals surface area contributed by atoms with E-state index >= 15 is 0 Å². The number of hydrogen-bond donors (Lipinski definition) is 1. The van der Waals surface area contributed by atoms with Crippen molar-refractivity contribution in [3.05, 3.63) is 40.6 Å². The molecule has 21 heavy (non-hydrogen) atoms. The van der Waals surface area contributed by atoms with Crippen LogP contribution in [0, 0.1) is 0 Å². The van der Waals surface area contributed by atoms with Crippen LogP contribution in [0.2, 0.25) is 0 Å². The minimum Gasteiger partial charge on any atom is -0.497 e. The second-order valence-electron chi connectivity index (χ2n) is 4.41. The van der Waals surface area contributed by atoms with E-state index in [1.54, 1.807) is 56.9 Å². The van der Waals surface area contributed by atoms with Gasteiger partial charge >= 0.3 is 0 Å². The highest BCUT2D eigenvalue weighted by Gasteiger charge is 2.25. The van der Waals surface area contributed by atoms with Crippen LogP contribution in [0.4, 0.5) is 5.69 Å². The van der Waals surface area contributed by atoms with E-state index in [0.717, 1.165) is 4.88 Å². The quantitative estimate of drug-likeness (QED) is 0.885. The highest BCUT2D eigenvalue weighted by Crippen LogP contribution is 2.28. The summed E-state index contributed by atoms with van der Waals surface area (Å²) in [5.41, 5.74) is 0.595. The highest BCUT2D eigenvalue weighted by molar-refractivity contribution is 7.93. The minimum absolute atomic E-state index is 0.347. The van der Waals surface area contributed by atoms with E-state index < -0.39 is 10.0 Å². The summed E-state index contributed by atoms with van der Waals surface area (Å²) in [7, 11) is 1.36. The van der Waals surface area contributed by atoms with Crippen molar-refractivity contribution in [1.82, 2.24) is 5.32 Å². The lowest BCUT2D eigenvalue weighted by molar-refractivity contribution is 0.415. The first-order chi connectivity index (χ1) is 10.0. The second kappa shape index (κ2) is 6.46. The van der Waals surface area contributed by atoms with Gasteiger partial charge in [0.25, 0.3) is 10.0 Å². The van der Waals surface area contributed by atoms with Crippen molar-refractivity contribution >= 4 is 27.0 Å². The number of hydrogen-bond acceptors (Lipinski definition) is 5. The molecule has 1 N–H and O–H groups in total. The Morgan fingerprint density at radius 2 is 1.90 bits per heavy atom. The van der Waals surface area contributed by atoms with Gasteiger partial charge in [-0.1, -0.05) is 0 Å². The summed E-state index contributed by atoms with van der Waals surface area (Å²) in [5.74, 6) is 0.691. The minimum atomic E-state index is -3.56. The lowest BCUT2D eigenvalue weighted by atomic mass is 10.3. The van der Waals surface area contributed by atoms with Crippen molar-refractivity contribution < 1.29 is 13.2 Å². The summed E-state index contributed by atoms with van der Waals surface area (Å²) in [6.45, 7) is 0.530. The smallest absolute Gasteiger partial charge is 0.265 e. The van der Waals surface area contributed by atoms with Crippen LogP contribution in [0.15, 0.2) is 40.6 Å². The number of anilines is 1. The molecule has 2 rings (SSSR count). The third kappa shape index (κ3) is 3.20. The average Bonchev–Trinajstić information content (AvgIpc) is 2.96. The van der Waals surface area contributed by atoms with Crippen LogP contribution in [-0.4, -0.2) is 29.6 Å². The molecule has 0 saturated carbocycles. The van der Waals surface area contributed by atoms with Gasteiger partial charge in [-0.05, 0) is 42.8 Å². The van der Waals surface area contributed by atoms with Gasteiger partial charge in [0.15, 0.2) is 0 Å². The number of nitrogens with zero attached hydrogens (tertiary/aromatic N) is 1. The molecule has 0 unspecified atom stereocenters. The van der Waals surface area contributed by atoms with Crippen LogP contribution in [0.1, 0.15) is 4.88 Å². The van der Waals surface area contributed by atoms with Crippen LogP contribution in [0.25, 0.3) is 0 Å². The number of benzene rings is 1. The molecule has 0 amide bonds. The van der Waals surface area contributed by atoms with Gasteiger partial charge in [0, 0.05) is 18.5 Å². The molecule has 5 nitrogen and oxygen atoms in total. The van der Waals surface area contributed by atoms with Gasteiger partial charge in [0.2, 0.25) is 0 Å². The van der Waals surface area contributed by atoms with Crippen molar-refractivity contribution in [1.29, 1.82) is 0 Å². The molecule has 7 heteroatoms. The Morgan fingerprint density at radius 1 is 1.24 bits per heavy atom. The van der Waals surface area contributed by atoms with E-state index in [2.05, 4.69) is 5.32 Å². The van der Waals surface area contributed by atoms with Gasteiger partial charge in [0.1, 0.15) is 10.6 Å². The second-order valence-corrected chi connectivity index (χ2v) is 7.35. The third-order valence-electron chi connectivity index (χ3n) is 3.12. The summed E-state index contributed by atoms with van der Waals surface area (Å²) < 4.78 is 31.8. The SMILES string of the molecule is CNCc1sccc1S(=O)(=O)N(C)c1ccc(OC)cc1. The van der Waals surface area contributed by atoms with Crippen LogP contribution >= 0.6 is 11.3 Å². The molecular weight excluding hydrogens is 308 g/mol. The molecule has 0 atom stereocenters. The normalized spacial score (nSPS) is 11.4. The molecule has 114 valence electrons. The van der Waals surface area contributed by atoms with E-state index in [9.17, 15) is 8.42 Å². The van der Waals surface area contributed by atoms with Gasteiger partial charge in [-0.15, -0.1) is 11.3 Å². The maximum atomic E-state index is 12.7. The van der Waals surface area contributed by atoms with Crippen molar-refractivity contribution in [3.63, 3.8) is 0 Å². The highest BCUT2D eigenvalue weighted by atomic mass is 32.2. The van der Waals surface area contributed by atoms with Crippen LogP contribution < -0.4 is 14.4 Å². The van der Waals surface area contributed by atoms with Crippen molar-refractivity contribution in [2.24, 2.45) is 0 Å². The molecule has 0 bridgehead atoms. The molecule has 0 aliphatic carbocycles. The maximum Gasteiger partial charge on any atom is 0.265 e. The largest absolute Gasteiger partial charge is 0.497 e. The Bertz CT molecular complexity index is 693. The van der Waals surface area contributed by atoms with Gasteiger partial charge in [-0.25, -0.2) is 8.42 Å². The van der Waals surface area contributed by atoms with Crippen molar-refractivity contribution in [3.8, 4) is 5.75 Å². The maximum absolute atomic E-state index is 12.7. The predicted molar refractivity (Wildman–Crippen MR) is 85.7 cm³/mol. The zero-order chi connectivity index (χ0) is 15.5. The van der Waals surface area contributed by atoms with E-state index in [1.807, 2.05) is 0 Å². The fraction of sp³-hybridized carbons (Fsp3) is 0.286. The fourth-order valence-electron chi connectivity index (χ4n) is 1.93. The zero-order valence-electron chi connectivity index (χ0n) is 12.2. The zero-order valence-corrected chi connectivity index (χ0v) is 13.8. The molecule has 0 spiro atoms. The van der Waals surface area contributed by atoms with E-state index in [-0.39, 0.29) is 0 Å². The van der Waals surface area contributed by atoms with Gasteiger partial charge < -0.3 is 10.1 Å². The Labute approximate surface area is 129 Å². The van der Waals surface area contributed by atoms with Crippen LogP contribution in [-0.2, 0) is 16.6 Å². The first kappa shape index (κ1) is 15.8. The van der Waals surface area contributed by atoms with E-state index in [1.165, 1.54) is 15.6 Å². The Kier molecular flexibility index (Phi) is 4.87. The number of methoxy groups -OCH3 is 1. The Morgan fingerprint density at radius 3 is 2.48 bits per heavy atom. The predicted octanol–water partition coefficient (Wildman–Crippen LogP) is 2.30. The number of thiophene rings is 1. The summed E-state index contributed by atoms with van der Waals surface area (Å²) in [6, 6.07) is 8.57. The molecule has 2 aromatic rings. The summed E-state index contributed by atoms with van der Waals surface area (Å²) in [4.78, 5) is 1.15. The number of ether oxygens (including phenoxy) is 1. The van der Waals surface area contributed by atoms with Crippen molar-refractivity contribution in [2.75, 3.05) is 25.5 Å². The molecule has 1 heterocycles. The summed E-state index contributed by atoms with van der Waals surface area (Å²) in [6.07, 6.45) is 0. The number of sulfonamides is 1. The topological polar surface area (TPSA) is 58.6 Å². The molecule has 0 saturated heterocycles. The van der Waals surface area contributed by atoms with Crippen LogP contribution in [0.5, 0.6) is 5.75 Å². The molecule has 1 aromatic heterocycles. The van der Waals surface area contributed by atoms with E-state index in [0.29, 0.717) is 22.9 Å². The van der Waals surface area contributed by atoms with E-state index in [4.69, 9.17) is 4.74 Å². The standard InChI is InChI=1S/C14H18N2O3S2/c1-15-10-13-14(8-9-20-13)21(17,18)16(2)11-4-6-12(19-3)7-5-11/h4-9,15H,10H2,1-3H3. The molecule has 0 fully saturated rings. The van der Waals surface area contributed by atoms with Crippen molar-refractivity contribution in [2.45, 2.75) is 11.4 Å². The lowest BCUT2D eigenvalue weighted by Crippen LogP contribution is -2.27. The summed E-state index contributed by atoms with van der Waals surface area (Å²) in [5, 5.41) is 4.78. The molecule has 0 aliphatic rings. The molecular formula is C14H18N2O3S2. The first-order valence-corrected chi connectivity index (χ1v) is 8.66. The first-order valence-electron chi connectivity index (χ1n) is 6.34. The third-order valence-corrected chi connectivity index (χ3v) is 6.04. The Hall–Kier alpha value is -1.57. The monoisotopic (exact) mass is 326 g/mol. The Balaban J connectivity index is 2.35. The van der Waals surface area contributed by atoms with Crippen LogP contribution in [0.3, 0.4) is 0 Å². The fourth-order valence-corrected chi connectivity index (χ4v) is 4.55. The molecule has 0 radical (unpaired) electrons. The lowest BCUT2D eigenvalue weighted by Gasteiger charge is -2.20. The number of rotatable bonds is 6. The molecule has 1 aromatic carbocycles. The van der Waals surface area contributed by atoms with Gasteiger partial charge in [-0.2, -0.15) is 0 Å².